The van der Waals surface area contributed by atoms with Gasteiger partial charge in [0.2, 0.25) is 0 Å². The molecule has 4 heteroatoms. The summed E-state index contributed by atoms with van der Waals surface area (Å²) in [4.78, 5) is 13.7. The molecule has 0 aliphatic rings. The van der Waals surface area contributed by atoms with Gasteiger partial charge in [-0.25, -0.2) is 0 Å². The van der Waals surface area contributed by atoms with Crippen LogP contribution in [-0.2, 0) is 0 Å². The summed E-state index contributed by atoms with van der Waals surface area (Å²) in [5.41, 5.74) is 0.0579. The highest BCUT2D eigenvalue weighted by atomic mass is 127. The van der Waals surface area contributed by atoms with Crippen molar-refractivity contribution >= 4 is 45.2 Å². The Labute approximate surface area is 79.3 Å². The molecule has 0 radical (unpaired) electrons. The molecule has 0 unspecified atom stereocenters. The zero-order valence-electron chi connectivity index (χ0n) is 4.32. The number of halogens is 2. The molecule has 0 aromatic carbocycles. The molecule has 1 rings (SSSR count). The molecule has 0 fully saturated rings. The fourth-order valence-electron chi connectivity index (χ4n) is 0.478. The van der Waals surface area contributed by atoms with Crippen molar-refractivity contribution in [1.82, 2.24) is 4.98 Å². The van der Waals surface area contributed by atoms with Crippen LogP contribution in [-0.4, -0.2) is 4.98 Å². The molecule has 0 spiro atoms. The second-order valence-corrected chi connectivity index (χ2v) is 3.84. The molecule has 0 saturated carbocycles. The van der Waals surface area contributed by atoms with Crippen molar-refractivity contribution in [3.05, 3.63) is 29.8 Å². The lowest BCUT2D eigenvalue weighted by molar-refractivity contribution is 1.20. The molecule has 0 atom stereocenters. The Kier molecular flexibility index (Phi) is 2.50. The van der Waals surface area contributed by atoms with Gasteiger partial charge >= 0.3 is 0 Å². The minimum absolute atomic E-state index is 0.0579. The molecule has 9 heavy (non-hydrogen) atoms. The summed E-state index contributed by atoms with van der Waals surface area (Å²) < 4.78 is 1.76. The standard InChI is InChI=1S/C5H3I2NO/c6-4-1-3(9)2-5(7)8-4/h1-2H,(H,8,9). The smallest absolute Gasteiger partial charge is 0.183 e. The molecule has 0 aliphatic heterocycles. The summed E-state index contributed by atoms with van der Waals surface area (Å²) >= 11 is 4.14. The Balaban J connectivity index is 3.33. The SMILES string of the molecule is O=c1cc(I)[nH]c(I)c1. The van der Waals surface area contributed by atoms with E-state index in [2.05, 4.69) is 50.2 Å². The van der Waals surface area contributed by atoms with Gasteiger partial charge in [-0.05, 0) is 45.2 Å². The molecule has 48 valence electrons. The van der Waals surface area contributed by atoms with Crippen molar-refractivity contribution in [1.29, 1.82) is 0 Å². The first-order valence-electron chi connectivity index (χ1n) is 2.24. The summed E-state index contributed by atoms with van der Waals surface area (Å²) in [6, 6.07) is 3.12. The average molecular weight is 347 g/mol. The average Bonchev–Trinajstić information content (AvgIpc) is 1.59. The van der Waals surface area contributed by atoms with Gasteiger partial charge in [0.1, 0.15) is 0 Å². The van der Waals surface area contributed by atoms with Crippen LogP contribution in [0.15, 0.2) is 16.9 Å². The number of nitrogens with one attached hydrogen (secondary N) is 1. The highest BCUT2D eigenvalue weighted by Gasteiger charge is 1.89. The Hall–Kier alpha value is 0.410. The van der Waals surface area contributed by atoms with E-state index >= 15 is 0 Å². The van der Waals surface area contributed by atoms with E-state index in [1.165, 1.54) is 0 Å². The molecule has 1 heterocycles. The monoisotopic (exact) mass is 347 g/mol. The predicted molar refractivity (Wildman–Crippen MR) is 52.5 cm³/mol. The van der Waals surface area contributed by atoms with E-state index in [1.54, 1.807) is 12.1 Å². The molecular formula is C5H3I2NO. The van der Waals surface area contributed by atoms with Gasteiger partial charge in [-0.2, -0.15) is 0 Å². The van der Waals surface area contributed by atoms with Crippen LogP contribution in [0.5, 0.6) is 0 Å². The van der Waals surface area contributed by atoms with Crippen molar-refractivity contribution in [2.45, 2.75) is 0 Å². The van der Waals surface area contributed by atoms with Gasteiger partial charge in [0, 0.05) is 12.1 Å². The van der Waals surface area contributed by atoms with Gasteiger partial charge in [-0.3, -0.25) is 4.79 Å². The van der Waals surface area contributed by atoms with Gasteiger partial charge in [0.05, 0.1) is 7.40 Å². The van der Waals surface area contributed by atoms with Crippen LogP contribution in [0.25, 0.3) is 0 Å². The second kappa shape index (κ2) is 3.00. The highest BCUT2D eigenvalue weighted by molar-refractivity contribution is 14.1. The van der Waals surface area contributed by atoms with Crippen molar-refractivity contribution in [3.8, 4) is 0 Å². The number of H-pyrrole nitrogens is 1. The van der Waals surface area contributed by atoms with Crippen molar-refractivity contribution < 1.29 is 0 Å². The summed E-state index contributed by atoms with van der Waals surface area (Å²) in [6.07, 6.45) is 0. The number of aromatic amines is 1. The summed E-state index contributed by atoms with van der Waals surface area (Å²) in [7, 11) is 0. The Morgan fingerprint density at radius 2 is 1.67 bits per heavy atom. The Morgan fingerprint density at radius 1 is 1.22 bits per heavy atom. The van der Waals surface area contributed by atoms with Crippen LogP contribution in [0.4, 0.5) is 0 Å². The minimum atomic E-state index is 0.0579. The fourth-order valence-corrected chi connectivity index (χ4v) is 2.19. The van der Waals surface area contributed by atoms with Crippen LogP contribution in [0, 0.1) is 7.40 Å². The first kappa shape index (κ1) is 7.52. The fraction of sp³-hybridized carbons (Fsp3) is 0. The van der Waals surface area contributed by atoms with Crippen LogP contribution in [0.2, 0.25) is 0 Å². The first-order chi connectivity index (χ1) is 4.18. The lowest BCUT2D eigenvalue weighted by atomic mass is 10.5. The third-order valence-corrected chi connectivity index (χ3v) is 1.94. The quantitative estimate of drug-likeness (QED) is 0.561. The molecule has 0 amide bonds. The first-order valence-corrected chi connectivity index (χ1v) is 4.39. The topological polar surface area (TPSA) is 32.9 Å². The van der Waals surface area contributed by atoms with Crippen molar-refractivity contribution in [2.24, 2.45) is 0 Å². The molecule has 1 N–H and O–H groups in total. The predicted octanol–water partition coefficient (Wildman–Crippen LogP) is 1.58. The molecule has 0 saturated heterocycles. The number of rotatable bonds is 0. The summed E-state index contributed by atoms with van der Waals surface area (Å²) in [5, 5.41) is 0. The van der Waals surface area contributed by atoms with Gasteiger partial charge in [-0.15, -0.1) is 0 Å². The van der Waals surface area contributed by atoms with Crippen LogP contribution in [0.3, 0.4) is 0 Å². The Bertz CT molecular complexity index is 245. The Morgan fingerprint density at radius 3 is 2.00 bits per heavy atom. The number of hydrogen-bond acceptors (Lipinski definition) is 1. The van der Waals surface area contributed by atoms with E-state index in [0.29, 0.717) is 0 Å². The van der Waals surface area contributed by atoms with E-state index in [1.807, 2.05) is 0 Å². The minimum Gasteiger partial charge on any atom is -0.345 e. The molecule has 0 aliphatic carbocycles. The van der Waals surface area contributed by atoms with E-state index in [-0.39, 0.29) is 5.43 Å². The van der Waals surface area contributed by atoms with Gasteiger partial charge < -0.3 is 4.98 Å². The van der Waals surface area contributed by atoms with Gasteiger partial charge in [0.25, 0.3) is 0 Å². The molecular weight excluding hydrogens is 344 g/mol. The zero-order valence-corrected chi connectivity index (χ0v) is 8.63. The molecule has 1 aromatic rings. The van der Waals surface area contributed by atoms with Crippen LogP contribution < -0.4 is 5.43 Å². The maximum Gasteiger partial charge on any atom is 0.183 e. The number of aromatic nitrogens is 1. The van der Waals surface area contributed by atoms with Crippen LogP contribution >= 0.6 is 45.2 Å². The number of pyridine rings is 1. The van der Waals surface area contributed by atoms with Crippen LogP contribution in [0.1, 0.15) is 0 Å². The summed E-state index contributed by atoms with van der Waals surface area (Å²) in [5.74, 6) is 0. The molecule has 1 aromatic heterocycles. The largest absolute Gasteiger partial charge is 0.345 e. The maximum atomic E-state index is 10.7. The third kappa shape index (κ3) is 2.24. The van der Waals surface area contributed by atoms with Crippen molar-refractivity contribution in [2.75, 3.05) is 0 Å². The molecule has 2 nitrogen and oxygen atoms in total. The second-order valence-electron chi connectivity index (χ2n) is 1.51. The third-order valence-electron chi connectivity index (χ3n) is 0.777. The van der Waals surface area contributed by atoms with Gasteiger partial charge in [-0.1, -0.05) is 0 Å². The number of hydrogen-bond donors (Lipinski definition) is 1. The van der Waals surface area contributed by atoms with E-state index < -0.39 is 0 Å². The normalized spacial score (nSPS) is 9.56. The highest BCUT2D eigenvalue weighted by Crippen LogP contribution is 2.00. The maximum absolute atomic E-state index is 10.7. The summed E-state index contributed by atoms with van der Waals surface area (Å²) in [6.45, 7) is 0. The zero-order chi connectivity index (χ0) is 6.85. The van der Waals surface area contributed by atoms with E-state index in [9.17, 15) is 4.79 Å². The van der Waals surface area contributed by atoms with Crippen molar-refractivity contribution in [3.63, 3.8) is 0 Å². The van der Waals surface area contributed by atoms with E-state index in [4.69, 9.17) is 0 Å². The lowest BCUT2D eigenvalue weighted by Crippen LogP contribution is -2.00. The molecule has 0 bridgehead atoms. The lowest BCUT2D eigenvalue weighted by Gasteiger charge is -1.89. The van der Waals surface area contributed by atoms with E-state index in [0.717, 1.165) is 7.40 Å². The van der Waals surface area contributed by atoms with Gasteiger partial charge in [0.15, 0.2) is 5.43 Å².